The van der Waals surface area contributed by atoms with Crippen molar-refractivity contribution >= 4 is 44.6 Å². The van der Waals surface area contributed by atoms with Crippen molar-refractivity contribution in [3.8, 4) is 11.5 Å². The second-order valence-corrected chi connectivity index (χ2v) is 9.17. The molecule has 0 atom stereocenters. The summed E-state index contributed by atoms with van der Waals surface area (Å²) in [6, 6.07) is 8.85. The fourth-order valence-electron chi connectivity index (χ4n) is 2.96. The SMILES string of the molecule is C=CCOc1c(Cl)cc(C=Nn2c(C(C)(C)C)nc3ccc(Br)cc3c2=O)cc1OC. The van der Waals surface area contributed by atoms with E-state index in [4.69, 9.17) is 26.1 Å². The highest BCUT2D eigenvalue weighted by Crippen LogP contribution is 2.36. The maximum atomic E-state index is 13.2. The Labute approximate surface area is 194 Å². The van der Waals surface area contributed by atoms with Crippen LogP contribution in [-0.2, 0) is 5.41 Å². The van der Waals surface area contributed by atoms with Gasteiger partial charge in [-0.15, -0.1) is 0 Å². The van der Waals surface area contributed by atoms with E-state index in [1.54, 1.807) is 30.5 Å². The molecule has 1 heterocycles. The van der Waals surface area contributed by atoms with Crippen LogP contribution in [0.4, 0.5) is 0 Å². The molecule has 8 heteroatoms. The molecule has 0 unspecified atom stereocenters. The molecule has 0 radical (unpaired) electrons. The molecule has 31 heavy (non-hydrogen) atoms. The van der Waals surface area contributed by atoms with Crippen LogP contribution in [-0.4, -0.2) is 29.6 Å². The molecule has 0 spiro atoms. The zero-order valence-corrected chi connectivity index (χ0v) is 20.1. The van der Waals surface area contributed by atoms with E-state index in [0.29, 0.717) is 45.4 Å². The average molecular weight is 505 g/mol. The van der Waals surface area contributed by atoms with Crippen molar-refractivity contribution in [2.24, 2.45) is 5.10 Å². The fourth-order valence-corrected chi connectivity index (χ4v) is 3.60. The Bertz CT molecular complexity index is 1230. The first-order chi connectivity index (χ1) is 14.7. The van der Waals surface area contributed by atoms with Crippen molar-refractivity contribution in [3.63, 3.8) is 0 Å². The van der Waals surface area contributed by atoms with Crippen LogP contribution in [0.15, 0.2) is 57.4 Å². The minimum atomic E-state index is -0.407. The van der Waals surface area contributed by atoms with Crippen molar-refractivity contribution in [1.29, 1.82) is 0 Å². The molecule has 162 valence electrons. The maximum absolute atomic E-state index is 13.2. The highest BCUT2D eigenvalue weighted by molar-refractivity contribution is 9.10. The van der Waals surface area contributed by atoms with Gasteiger partial charge in [-0.1, -0.05) is 61.0 Å². The number of rotatable bonds is 6. The molecule has 1 aromatic heterocycles. The van der Waals surface area contributed by atoms with Gasteiger partial charge in [0.1, 0.15) is 12.4 Å². The highest BCUT2D eigenvalue weighted by Gasteiger charge is 2.23. The molecule has 0 aliphatic heterocycles. The Morgan fingerprint density at radius 3 is 2.68 bits per heavy atom. The number of ether oxygens (including phenoxy) is 2. The quantitative estimate of drug-likeness (QED) is 0.325. The lowest BCUT2D eigenvalue weighted by Gasteiger charge is -2.21. The van der Waals surface area contributed by atoms with Gasteiger partial charge in [0.15, 0.2) is 11.5 Å². The van der Waals surface area contributed by atoms with Gasteiger partial charge in [-0.05, 0) is 35.9 Å². The van der Waals surface area contributed by atoms with Crippen LogP contribution in [0.3, 0.4) is 0 Å². The third-order valence-electron chi connectivity index (χ3n) is 4.40. The lowest BCUT2D eigenvalue weighted by Crippen LogP contribution is -2.29. The van der Waals surface area contributed by atoms with Crippen molar-refractivity contribution in [2.75, 3.05) is 13.7 Å². The Hall–Kier alpha value is -2.64. The molecule has 0 N–H and O–H groups in total. The molecule has 0 bridgehead atoms. The zero-order chi connectivity index (χ0) is 22.8. The first-order valence-corrected chi connectivity index (χ1v) is 10.7. The average Bonchev–Trinajstić information content (AvgIpc) is 2.71. The first-order valence-electron chi connectivity index (χ1n) is 9.54. The van der Waals surface area contributed by atoms with Gasteiger partial charge in [-0.3, -0.25) is 4.79 Å². The number of hydrogen-bond donors (Lipinski definition) is 0. The van der Waals surface area contributed by atoms with Crippen LogP contribution >= 0.6 is 27.5 Å². The Morgan fingerprint density at radius 1 is 1.29 bits per heavy atom. The van der Waals surface area contributed by atoms with Gasteiger partial charge in [0.05, 0.1) is 29.2 Å². The van der Waals surface area contributed by atoms with E-state index in [1.807, 2.05) is 32.9 Å². The molecular weight excluding hydrogens is 482 g/mol. The summed E-state index contributed by atoms with van der Waals surface area (Å²) < 4.78 is 13.1. The van der Waals surface area contributed by atoms with Crippen molar-refractivity contribution in [2.45, 2.75) is 26.2 Å². The number of nitrogens with zero attached hydrogens (tertiary/aromatic N) is 3. The maximum Gasteiger partial charge on any atom is 0.282 e. The summed E-state index contributed by atoms with van der Waals surface area (Å²) in [4.78, 5) is 17.9. The van der Waals surface area contributed by atoms with Crippen molar-refractivity contribution < 1.29 is 9.47 Å². The number of halogens is 2. The number of fused-ring (bicyclic) bond motifs is 1. The molecule has 0 saturated heterocycles. The summed E-state index contributed by atoms with van der Waals surface area (Å²) in [5.74, 6) is 1.43. The predicted octanol–water partition coefficient (Wildman–Crippen LogP) is 5.57. The molecule has 3 rings (SSSR count). The second-order valence-electron chi connectivity index (χ2n) is 7.84. The normalized spacial score (nSPS) is 11.8. The molecule has 2 aromatic carbocycles. The number of hydrogen-bond acceptors (Lipinski definition) is 5. The van der Waals surface area contributed by atoms with E-state index in [2.05, 4.69) is 27.6 Å². The fraction of sp³-hybridized carbons (Fsp3) is 0.261. The number of benzene rings is 2. The van der Waals surface area contributed by atoms with Crippen molar-refractivity contribution in [3.05, 3.63) is 74.2 Å². The summed E-state index contributed by atoms with van der Waals surface area (Å²) >= 11 is 9.79. The second kappa shape index (κ2) is 9.24. The van der Waals surface area contributed by atoms with Crippen LogP contribution in [0, 0.1) is 0 Å². The minimum absolute atomic E-state index is 0.253. The van der Waals surface area contributed by atoms with E-state index in [9.17, 15) is 4.79 Å². The summed E-state index contributed by atoms with van der Waals surface area (Å²) in [6.45, 7) is 9.88. The zero-order valence-electron chi connectivity index (χ0n) is 17.8. The smallest absolute Gasteiger partial charge is 0.282 e. The predicted molar refractivity (Wildman–Crippen MR) is 129 cm³/mol. The molecular formula is C23H23BrClN3O3. The summed E-state index contributed by atoms with van der Waals surface area (Å²) in [7, 11) is 1.53. The van der Waals surface area contributed by atoms with Crippen LogP contribution in [0.5, 0.6) is 11.5 Å². The summed E-state index contributed by atoms with van der Waals surface area (Å²) in [5, 5.41) is 5.30. The van der Waals surface area contributed by atoms with E-state index < -0.39 is 5.41 Å². The van der Waals surface area contributed by atoms with Gasteiger partial charge in [-0.2, -0.15) is 9.78 Å². The van der Waals surface area contributed by atoms with Gasteiger partial charge >= 0.3 is 0 Å². The van der Waals surface area contributed by atoms with Crippen LogP contribution in [0.25, 0.3) is 10.9 Å². The third kappa shape index (κ3) is 4.99. The molecule has 0 amide bonds. The van der Waals surface area contributed by atoms with Crippen LogP contribution < -0.4 is 15.0 Å². The largest absolute Gasteiger partial charge is 0.493 e. The highest BCUT2D eigenvalue weighted by atomic mass is 79.9. The van der Waals surface area contributed by atoms with Crippen LogP contribution in [0.1, 0.15) is 32.2 Å². The van der Waals surface area contributed by atoms with E-state index in [1.165, 1.54) is 11.8 Å². The molecule has 3 aromatic rings. The molecule has 0 saturated carbocycles. The van der Waals surface area contributed by atoms with Gasteiger partial charge < -0.3 is 9.47 Å². The molecule has 6 nitrogen and oxygen atoms in total. The molecule has 0 aliphatic rings. The van der Waals surface area contributed by atoms with Gasteiger partial charge in [0.2, 0.25) is 0 Å². The lowest BCUT2D eigenvalue weighted by atomic mass is 9.95. The monoisotopic (exact) mass is 503 g/mol. The third-order valence-corrected chi connectivity index (χ3v) is 5.17. The van der Waals surface area contributed by atoms with E-state index in [-0.39, 0.29) is 5.56 Å². The lowest BCUT2D eigenvalue weighted by molar-refractivity contribution is 0.326. The first kappa shape index (κ1) is 23.0. The summed E-state index contributed by atoms with van der Waals surface area (Å²) in [5.41, 5.74) is 0.610. The van der Waals surface area contributed by atoms with Gasteiger partial charge in [0.25, 0.3) is 5.56 Å². The Balaban J connectivity index is 2.14. The van der Waals surface area contributed by atoms with E-state index >= 15 is 0 Å². The number of aromatic nitrogens is 2. The minimum Gasteiger partial charge on any atom is -0.493 e. The number of methoxy groups -OCH3 is 1. The van der Waals surface area contributed by atoms with Crippen LogP contribution in [0.2, 0.25) is 5.02 Å². The van der Waals surface area contributed by atoms with Crippen molar-refractivity contribution in [1.82, 2.24) is 9.66 Å². The van der Waals surface area contributed by atoms with Gasteiger partial charge in [-0.25, -0.2) is 4.98 Å². The standard InChI is InChI=1S/C23H23BrClN3O3/c1-6-9-31-20-17(25)10-14(11-19(20)30-5)13-26-28-21(29)16-12-15(24)7-8-18(16)27-22(28)23(2,3)4/h6-8,10-13H,1,9H2,2-5H3. The Kier molecular flexibility index (Phi) is 6.86. The topological polar surface area (TPSA) is 65.7 Å². The van der Waals surface area contributed by atoms with Gasteiger partial charge in [0, 0.05) is 9.89 Å². The molecule has 0 fully saturated rings. The van der Waals surface area contributed by atoms with E-state index in [0.717, 1.165) is 4.47 Å². The molecule has 0 aliphatic carbocycles. The summed E-state index contributed by atoms with van der Waals surface area (Å²) in [6.07, 6.45) is 3.17. The Morgan fingerprint density at radius 2 is 2.03 bits per heavy atom.